The summed E-state index contributed by atoms with van der Waals surface area (Å²) in [4.78, 5) is 0. The zero-order valence-corrected chi connectivity index (χ0v) is 8.55. The number of rotatable bonds is 5. The third-order valence-corrected chi connectivity index (χ3v) is 2.62. The predicted octanol–water partition coefficient (Wildman–Crippen LogP) is 1.95. The van der Waals surface area contributed by atoms with Crippen LogP contribution in [0.15, 0.2) is 29.5 Å². The maximum Gasteiger partial charge on any atom is 0.0922 e. The fraction of sp³-hybridized carbons (Fsp3) is 0.400. The number of hydrogen-bond donors (Lipinski definition) is 2. The summed E-state index contributed by atoms with van der Waals surface area (Å²) in [5.41, 5.74) is 0.980. The van der Waals surface area contributed by atoms with Crippen molar-refractivity contribution in [3.63, 3.8) is 0 Å². The molecule has 0 radical (unpaired) electrons. The molecule has 0 bridgehead atoms. The molecule has 0 aliphatic carbocycles. The topological polar surface area (TPSA) is 32.3 Å². The summed E-state index contributed by atoms with van der Waals surface area (Å²) in [5, 5.41) is 16.8. The van der Waals surface area contributed by atoms with Gasteiger partial charge in [-0.15, -0.1) is 6.58 Å². The van der Waals surface area contributed by atoms with Crippen molar-refractivity contribution in [1.82, 2.24) is 5.32 Å². The molecule has 2 N–H and O–H groups in total. The first kappa shape index (κ1) is 10.4. The van der Waals surface area contributed by atoms with E-state index in [-0.39, 0.29) is 6.04 Å². The molecule has 0 saturated heterocycles. The molecule has 0 saturated carbocycles. The molecule has 0 aliphatic heterocycles. The molecule has 13 heavy (non-hydrogen) atoms. The van der Waals surface area contributed by atoms with Gasteiger partial charge in [0.1, 0.15) is 0 Å². The minimum Gasteiger partial charge on any atom is -0.387 e. The summed E-state index contributed by atoms with van der Waals surface area (Å²) in [6.45, 7) is 6.24. The van der Waals surface area contributed by atoms with Gasteiger partial charge in [0, 0.05) is 12.6 Å². The molecule has 0 amide bonds. The molecule has 72 valence electrons. The summed E-state index contributed by atoms with van der Waals surface area (Å²) in [7, 11) is 0. The van der Waals surface area contributed by atoms with Crippen LogP contribution in [0.5, 0.6) is 0 Å². The highest BCUT2D eigenvalue weighted by Crippen LogP contribution is 2.15. The molecule has 0 aliphatic rings. The Kier molecular flexibility index (Phi) is 4.15. The highest BCUT2D eigenvalue weighted by atomic mass is 32.1. The van der Waals surface area contributed by atoms with Crippen molar-refractivity contribution in [1.29, 1.82) is 0 Å². The number of thiophene rings is 1. The van der Waals surface area contributed by atoms with Crippen molar-refractivity contribution in [3.8, 4) is 0 Å². The van der Waals surface area contributed by atoms with Gasteiger partial charge in [0.2, 0.25) is 0 Å². The van der Waals surface area contributed by atoms with E-state index in [0.717, 1.165) is 5.56 Å². The molecule has 0 fully saturated rings. The van der Waals surface area contributed by atoms with Crippen LogP contribution in [-0.2, 0) is 0 Å². The number of hydrogen-bond acceptors (Lipinski definition) is 3. The summed E-state index contributed by atoms with van der Waals surface area (Å²) in [6.07, 6.45) is 1.41. The Morgan fingerprint density at radius 1 is 1.77 bits per heavy atom. The molecule has 0 spiro atoms. The maximum absolute atomic E-state index is 9.66. The Bertz CT molecular complexity index is 245. The largest absolute Gasteiger partial charge is 0.387 e. The molecule has 1 heterocycles. The molecule has 3 heteroatoms. The Balaban J connectivity index is 2.34. The minimum absolute atomic E-state index is 0.244. The first-order chi connectivity index (χ1) is 6.24. The number of aliphatic hydroxyl groups excluding tert-OH is 1. The Morgan fingerprint density at radius 2 is 2.54 bits per heavy atom. The minimum atomic E-state index is -0.409. The molecule has 2 unspecified atom stereocenters. The van der Waals surface area contributed by atoms with E-state index in [9.17, 15) is 5.11 Å². The van der Waals surface area contributed by atoms with E-state index in [0.29, 0.717) is 6.54 Å². The third-order valence-electron chi connectivity index (χ3n) is 1.91. The standard InChI is InChI=1S/C10H15NOS/c1-3-8(2)11-6-10(12)9-4-5-13-7-9/h3-5,7-8,10-12H,1,6H2,2H3. The van der Waals surface area contributed by atoms with Crippen LogP contribution in [0.25, 0.3) is 0 Å². The van der Waals surface area contributed by atoms with Gasteiger partial charge in [0.25, 0.3) is 0 Å². The van der Waals surface area contributed by atoms with E-state index >= 15 is 0 Å². The van der Waals surface area contributed by atoms with Crippen molar-refractivity contribution >= 4 is 11.3 Å². The molecule has 1 rings (SSSR count). The summed E-state index contributed by atoms with van der Waals surface area (Å²) in [6, 6.07) is 2.18. The smallest absolute Gasteiger partial charge is 0.0922 e. The lowest BCUT2D eigenvalue weighted by Gasteiger charge is -2.13. The summed E-state index contributed by atoms with van der Waals surface area (Å²) < 4.78 is 0. The van der Waals surface area contributed by atoms with Crippen LogP contribution in [0, 0.1) is 0 Å². The second kappa shape index (κ2) is 5.17. The van der Waals surface area contributed by atoms with E-state index in [1.807, 2.05) is 29.8 Å². The maximum atomic E-state index is 9.66. The average Bonchev–Trinajstić information content (AvgIpc) is 2.66. The Labute approximate surface area is 82.9 Å². The van der Waals surface area contributed by atoms with E-state index in [1.165, 1.54) is 0 Å². The van der Waals surface area contributed by atoms with Gasteiger partial charge in [-0.05, 0) is 29.3 Å². The SMILES string of the molecule is C=CC(C)NCC(O)c1ccsc1. The molecule has 2 atom stereocenters. The highest BCUT2D eigenvalue weighted by Gasteiger charge is 2.07. The van der Waals surface area contributed by atoms with Crippen LogP contribution in [0.3, 0.4) is 0 Å². The molecule has 1 aromatic rings. The van der Waals surface area contributed by atoms with Crippen molar-refractivity contribution in [3.05, 3.63) is 35.0 Å². The van der Waals surface area contributed by atoms with Gasteiger partial charge in [-0.3, -0.25) is 0 Å². The Morgan fingerprint density at radius 3 is 3.08 bits per heavy atom. The van der Waals surface area contributed by atoms with Gasteiger partial charge in [-0.25, -0.2) is 0 Å². The molecule has 1 aromatic heterocycles. The fourth-order valence-corrected chi connectivity index (χ4v) is 1.67. The third kappa shape index (κ3) is 3.30. The van der Waals surface area contributed by atoms with Crippen LogP contribution in [0.4, 0.5) is 0 Å². The van der Waals surface area contributed by atoms with Crippen molar-refractivity contribution < 1.29 is 5.11 Å². The predicted molar refractivity (Wildman–Crippen MR) is 56.9 cm³/mol. The molecule has 2 nitrogen and oxygen atoms in total. The van der Waals surface area contributed by atoms with E-state index < -0.39 is 6.10 Å². The van der Waals surface area contributed by atoms with Gasteiger partial charge in [0.15, 0.2) is 0 Å². The lowest BCUT2D eigenvalue weighted by molar-refractivity contribution is 0.173. The van der Waals surface area contributed by atoms with Crippen LogP contribution in [0.1, 0.15) is 18.6 Å². The number of aliphatic hydroxyl groups is 1. The van der Waals surface area contributed by atoms with Crippen LogP contribution in [0.2, 0.25) is 0 Å². The monoisotopic (exact) mass is 197 g/mol. The van der Waals surface area contributed by atoms with Crippen LogP contribution in [-0.4, -0.2) is 17.7 Å². The average molecular weight is 197 g/mol. The Hall–Kier alpha value is -0.640. The summed E-state index contributed by atoms with van der Waals surface area (Å²) in [5.74, 6) is 0. The summed E-state index contributed by atoms with van der Waals surface area (Å²) >= 11 is 1.60. The quantitative estimate of drug-likeness (QED) is 0.707. The van der Waals surface area contributed by atoms with Gasteiger partial charge < -0.3 is 10.4 Å². The number of nitrogens with one attached hydrogen (secondary N) is 1. The van der Waals surface area contributed by atoms with Crippen molar-refractivity contribution in [2.24, 2.45) is 0 Å². The van der Waals surface area contributed by atoms with Gasteiger partial charge in [-0.1, -0.05) is 6.08 Å². The molecule has 0 aromatic carbocycles. The zero-order valence-electron chi connectivity index (χ0n) is 7.73. The lowest BCUT2D eigenvalue weighted by Crippen LogP contribution is -2.28. The fourth-order valence-electron chi connectivity index (χ4n) is 0.963. The van der Waals surface area contributed by atoms with Crippen LogP contribution >= 0.6 is 11.3 Å². The van der Waals surface area contributed by atoms with E-state index in [2.05, 4.69) is 11.9 Å². The van der Waals surface area contributed by atoms with Gasteiger partial charge in [-0.2, -0.15) is 11.3 Å². The normalized spacial score (nSPS) is 15.2. The van der Waals surface area contributed by atoms with Gasteiger partial charge >= 0.3 is 0 Å². The molecular weight excluding hydrogens is 182 g/mol. The zero-order chi connectivity index (χ0) is 9.68. The molecular formula is C10H15NOS. The van der Waals surface area contributed by atoms with Gasteiger partial charge in [0.05, 0.1) is 6.10 Å². The van der Waals surface area contributed by atoms with Crippen molar-refractivity contribution in [2.75, 3.05) is 6.54 Å². The first-order valence-corrected chi connectivity index (χ1v) is 5.24. The van der Waals surface area contributed by atoms with E-state index in [1.54, 1.807) is 11.3 Å². The lowest BCUT2D eigenvalue weighted by atomic mass is 10.2. The van der Waals surface area contributed by atoms with Crippen molar-refractivity contribution in [2.45, 2.75) is 19.1 Å². The second-order valence-corrected chi connectivity index (χ2v) is 3.79. The van der Waals surface area contributed by atoms with Crippen LogP contribution < -0.4 is 5.32 Å². The van der Waals surface area contributed by atoms with E-state index in [4.69, 9.17) is 0 Å². The second-order valence-electron chi connectivity index (χ2n) is 3.01. The first-order valence-electron chi connectivity index (χ1n) is 4.30. The highest BCUT2D eigenvalue weighted by molar-refractivity contribution is 7.07.